The Labute approximate surface area is 211 Å². The van der Waals surface area contributed by atoms with Crippen LogP contribution in [0.1, 0.15) is 62.5 Å². The summed E-state index contributed by atoms with van der Waals surface area (Å²) in [6, 6.07) is 9.69. The van der Waals surface area contributed by atoms with Crippen LogP contribution in [0.5, 0.6) is 23.0 Å². The van der Waals surface area contributed by atoms with Crippen LogP contribution in [-0.2, 0) is 9.59 Å². The summed E-state index contributed by atoms with van der Waals surface area (Å²) in [5.41, 5.74) is 6.25. The van der Waals surface area contributed by atoms with E-state index >= 15 is 0 Å². The third-order valence-electron chi connectivity index (χ3n) is 5.27. The van der Waals surface area contributed by atoms with Crippen LogP contribution < -0.4 is 20.3 Å². The maximum Gasteiger partial charge on any atom is 0.240 e. The molecule has 0 aliphatic carbocycles. The van der Waals surface area contributed by atoms with Crippen LogP contribution >= 0.6 is 0 Å². The Morgan fingerprint density at radius 1 is 0.722 bits per heavy atom. The first kappa shape index (κ1) is 28.2. The fraction of sp³-hybridized carbons (Fsp3) is 0.385. The molecule has 2 rings (SSSR count). The van der Waals surface area contributed by atoms with Crippen LogP contribution in [-0.4, -0.2) is 48.7 Å². The van der Waals surface area contributed by atoms with Gasteiger partial charge in [0.25, 0.3) is 0 Å². The van der Waals surface area contributed by atoms with Gasteiger partial charge >= 0.3 is 0 Å². The molecule has 2 aromatic carbocycles. The lowest BCUT2D eigenvalue weighted by atomic mass is 10.1. The van der Waals surface area contributed by atoms with E-state index in [1.165, 1.54) is 38.8 Å². The van der Waals surface area contributed by atoms with Crippen LogP contribution in [0.15, 0.2) is 46.6 Å². The number of hydrogen-bond acceptors (Lipinski definition) is 8. The summed E-state index contributed by atoms with van der Waals surface area (Å²) >= 11 is 0. The van der Waals surface area contributed by atoms with E-state index in [9.17, 15) is 19.8 Å². The number of nitrogens with one attached hydrogen (secondary N) is 2. The molecule has 0 unspecified atom stereocenters. The van der Waals surface area contributed by atoms with Crippen LogP contribution in [0.4, 0.5) is 0 Å². The molecule has 36 heavy (non-hydrogen) atoms. The lowest BCUT2D eigenvalue weighted by molar-refractivity contribution is -0.122. The van der Waals surface area contributed by atoms with E-state index in [1.54, 1.807) is 24.3 Å². The topological polar surface area (TPSA) is 142 Å². The third kappa shape index (κ3) is 10.5. The number of amides is 2. The van der Waals surface area contributed by atoms with Gasteiger partial charge in [-0.25, -0.2) is 10.9 Å². The van der Waals surface area contributed by atoms with Crippen molar-refractivity contribution in [2.24, 2.45) is 10.2 Å². The highest BCUT2D eigenvalue weighted by atomic mass is 16.5. The molecule has 0 saturated carbocycles. The van der Waals surface area contributed by atoms with Crippen molar-refractivity contribution in [1.82, 2.24) is 10.9 Å². The van der Waals surface area contributed by atoms with Crippen molar-refractivity contribution in [1.29, 1.82) is 0 Å². The second kappa shape index (κ2) is 15.8. The van der Waals surface area contributed by atoms with Crippen LogP contribution in [0, 0.1) is 0 Å². The number of nitrogens with zero attached hydrogens (tertiary/aromatic N) is 2. The third-order valence-corrected chi connectivity index (χ3v) is 5.27. The summed E-state index contributed by atoms with van der Waals surface area (Å²) in [4.78, 5) is 23.7. The van der Waals surface area contributed by atoms with Gasteiger partial charge in [-0.3, -0.25) is 9.59 Å². The van der Waals surface area contributed by atoms with E-state index in [4.69, 9.17) is 9.47 Å². The minimum absolute atomic E-state index is 0.00790. The fourth-order valence-electron chi connectivity index (χ4n) is 3.32. The van der Waals surface area contributed by atoms with Crippen molar-refractivity contribution < 1.29 is 29.3 Å². The van der Waals surface area contributed by atoms with Gasteiger partial charge in [0.15, 0.2) is 23.0 Å². The monoisotopic (exact) mass is 498 g/mol. The van der Waals surface area contributed by atoms with Crippen molar-refractivity contribution >= 4 is 24.2 Å². The van der Waals surface area contributed by atoms with E-state index in [1.807, 2.05) is 0 Å². The molecule has 0 heterocycles. The smallest absolute Gasteiger partial charge is 0.240 e. The second-order valence-corrected chi connectivity index (χ2v) is 8.07. The molecular weight excluding hydrogens is 464 g/mol. The van der Waals surface area contributed by atoms with Crippen LogP contribution in [0.2, 0.25) is 0 Å². The summed E-state index contributed by atoms with van der Waals surface area (Å²) in [6.07, 6.45) is 9.05. The number of phenolic OH excluding ortho intramolecular Hbond substituents is 2. The largest absolute Gasteiger partial charge is 0.504 e. The zero-order valence-electron chi connectivity index (χ0n) is 20.7. The number of ether oxygens (including phenoxy) is 2. The van der Waals surface area contributed by atoms with Crippen molar-refractivity contribution in [2.45, 2.75) is 51.4 Å². The fourth-order valence-corrected chi connectivity index (χ4v) is 3.32. The number of carbonyl (C=O) groups is 2. The average Bonchev–Trinajstić information content (AvgIpc) is 2.86. The molecule has 0 aliphatic heterocycles. The van der Waals surface area contributed by atoms with Crippen molar-refractivity contribution in [3.05, 3.63) is 47.5 Å². The Kier molecular flexibility index (Phi) is 12.3. The van der Waals surface area contributed by atoms with Gasteiger partial charge in [0.05, 0.1) is 26.6 Å². The van der Waals surface area contributed by atoms with Gasteiger partial charge in [-0.2, -0.15) is 10.2 Å². The van der Waals surface area contributed by atoms with Gasteiger partial charge in [-0.1, -0.05) is 25.7 Å². The van der Waals surface area contributed by atoms with Gasteiger partial charge in [0, 0.05) is 12.8 Å². The predicted molar refractivity (Wildman–Crippen MR) is 138 cm³/mol. The van der Waals surface area contributed by atoms with Crippen molar-refractivity contribution in [2.75, 3.05) is 14.2 Å². The maximum atomic E-state index is 11.9. The molecule has 0 aliphatic rings. The maximum absolute atomic E-state index is 11.9. The molecule has 10 heteroatoms. The van der Waals surface area contributed by atoms with Crippen molar-refractivity contribution in [3.8, 4) is 23.0 Å². The minimum atomic E-state index is -0.161. The summed E-state index contributed by atoms with van der Waals surface area (Å²) < 4.78 is 9.96. The first-order valence-corrected chi connectivity index (χ1v) is 11.8. The number of carbonyl (C=O) groups excluding carboxylic acids is 2. The lowest BCUT2D eigenvalue weighted by Gasteiger charge is -2.04. The molecule has 0 saturated heterocycles. The molecule has 0 atom stereocenters. The molecule has 0 radical (unpaired) electrons. The van der Waals surface area contributed by atoms with Crippen LogP contribution in [0.3, 0.4) is 0 Å². The summed E-state index contributed by atoms with van der Waals surface area (Å²) in [6.45, 7) is 0. The minimum Gasteiger partial charge on any atom is -0.504 e. The lowest BCUT2D eigenvalue weighted by Crippen LogP contribution is -2.17. The number of unbranched alkanes of at least 4 members (excludes halogenated alkanes) is 5. The SMILES string of the molecule is COc1ccc(/C=N\NC(=O)CCCCCCCCC(=O)N/N=C\c2ccc(OC)c(O)c2)cc1O. The van der Waals surface area contributed by atoms with E-state index in [0.29, 0.717) is 35.5 Å². The quantitative estimate of drug-likeness (QED) is 0.167. The molecular formula is C26H34N4O6. The first-order valence-electron chi connectivity index (χ1n) is 11.8. The number of benzene rings is 2. The molecule has 10 nitrogen and oxygen atoms in total. The second-order valence-electron chi connectivity index (χ2n) is 8.07. The molecule has 0 bridgehead atoms. The Hall–Kier alpha value is -4.08. The molecule has 0 aromatic heterocycles. The molecule has 0 spiro atoms. The number of rotatable bonds is 15. The number of hydrogen-bond donors (Lipinski definition) is 4. The van der Waals surface area contributed by atoms with Gasteiger partial charge in [-0.15, -0.1) is 0 Å². The van der Waals surface area contributed by atoms with E-state index in [-0.39, 0.29) is 23.3 Å². The van der Waals surface area contributed by atoms with Crippen molar-refractivity contribution in [3.63, 3.8) is 0 Å². The molecule has 2 amide bonds. The van der Waals surface area contributed by atoms with Gasteiger partial charge < -0.3 is 19.7 Å². The van der Waals surface area contributed by atoms with E-state index in [2.05, 4.69) is 21.1 Å². The molecule has 194 valence electrons. The normalized spacial score (nSPS) is 11.1. The van der Waals surface area contributed by atoms with E-state index < -0.39 is 0 Å². The Morgan fingerprint density at radius 2 is 1.11 bits per heavy atom. The summed E-state index contributed by atoms with van der Waals surface area (Å²) in [5.74, 6) is 0.438. The number of hydrazone groups is 2. The van der Waals surface area contributed by atoms with Gasteiger partial charge in [-0.05, 0) is 60.4 Å². The van der Waals surface area contributed by atoms with Gasteiger partial charge in [0.1, 0.15) is 0 Å². The zero-order chi connectivity index (χ0) is 26.2. The molecule has 2 aromatic rings. The highest BCUT2D eigenvalue weighted by molar-refractivity contribution is 5.84. The Bertz CT molecular complexity index is 971. The molecule has 4 N–H and O–H groups in total. The predicted octanol–water partition coefficient (Wildman–Crippen LogP) is 3.84. The van der Waals surface area contributed by atoms with Crippen LogP contribution in [0.25, 0.3) is 0 Å². The highest BCUT2D eigenvalue weighted by Crippen LogP contribution is 2.26. The first-order chi connectivity index (χ1) is 17.4. The standard InChI is InChI=1S/C26H34N4O6/c1-35-23-13-11-19(15-21(23)31)17-27-29-25(33)9-7-5-3-4-6-8-10-26(34)30-28-18-20-12-14-24(36-2)22(32)16-20/h11-18,31-32H,3-10H2,1-2H3,(H,29,33)(H,30,34)/b27-17-,28-18-. The highest BCUT2D eigenvalue weighted by Gasteiger charge is 2.04. The average molecular weight is 499 g/mol. The number of phenols is 2. The van der Waals surface area contributed by atoms with Gasteiger partial charge in [0.2, 0.25) is 11.8 Å². The van der Waals surface area contributed by atoms with E-state index in [0.717, 1.165) is 38.5 Å². The Morgan fingerprint density at radius 3 is 1.47 bits per heavy atom. The summed E-state index contributed by atoms with van der Waals surface area (Å²) in [5, 5.41) is 27.3. The summed E-state index contributed by atoms with van der Waals surface area (Å²) in [7, 11) is 2.94. The molecule has 0 fully saturated rings. The number of aromatic hydroxyl groups is 2. The Balaban J connectivity index is 1.49. The number of methoxy groups -OCH3 is 2. The zero-order valence-corrected chi connectivity index (χ0v) is 20.7.